The van der Waals surface area contributed by atoms with Crippen molar-refractivity contribution in [3.05, 3.63) is 61.2 Å². The summed E-state index contributed by atoms with van der Waals surface area (Å²) < 4.78 is 12.2. The third-order valence-electron chi connectivity index (χ3n) is 8.43. The fourth-order valence-corrected chi connectivity index (χ4v) is 7.60. The van der Waals surface area contributed by atoms with Crippen LogP contribution in [0.1, 0.15) is 45.1 Å². The summed E-state index contributed by atoms with van der Waals surface area (Å²) in [5, 5.41) is 10.6. The van der Waals surface area contributed by atoms with Gasteiger partial charge in [-0.15, -0.1) is 13.2 Å². The number of nitrogens with zero attached hydrogens (tertiary/aromatic N) is 2. The molecule has 8 nitrogen and oxygen atoms in total. The Morgan fingerprint density at radius 3 is 2.60 bits per heavy atom. The van der Waals surface area contributed by atoms with Gasteiger partial charge in [0, 0.05) is 17.4 Å². The average molecular weight is 618 g/mol. The number of unbranched alkanes of at least 4 members (excludes halogenated alkanes) is 2. The van der Waals surface area contributed by atoms with Crippen LogP contribution in [0, 0.1) is 11.8 Å². The molecule has 3 unspecified atom stereocenters. The molecule has 218 valence electrons. The molecule has 9 heteroatoms. The maximum absolute atomic E-state index is 14.4. The normalized spacial score (nSPS) is 29.4. The van der Waals surface area contributed by atoms with Gasteiger partial charge < -0.3 is 24.4 Å². The predicted octanol–water partition coefficient (Wildman–Crippen LogP) is 3.66. The first-order valence-electron chi connectivity index (χ1n) is 14.2. The zero-order valence-corrected chi connectivity index (χ0v) is 25.0. The van der Waals surface area contributed by atoms with E-state index in [0.29, 0.717) is 25.8 Å². The zero-order chi connectivity index (χ0) is 29.0. The average Bonchev–Trinajstić information content (AvgIpc) is 3.53. The molecular weight excluding hydrogens is 576 g/mol. The molecule has 0 radical (unpaired) electrons. The van der Waals surface area contributed by atoms with Gasteiger partial charge in [0.05, 0.1) is 37.2 Å². The highest BCUT2D eigenvalue weighted by Crippen LogP contribution is 2.60. The summed E-state index contributed by atoms with van der Waals surface area (Å²) in [5.74, 6) is -2.80. The van der Waals surface area contributed by atoms with Crippen molar-refractivity contribution in [1.29, 1.82) is 0 Å². The number of alkyl halides is 1. The number of amides is 2. The van der Waals surface area contributed by atoms with Crippen LogP contribution in [-0.2, 0) is 30.3 Å². The first-order chi connectivity index (χ1) is 19.2. The standard InChI is InChI=1S/C31H41BrN2O6/c1-5-7-8-12-16-39-30(38)24-25-28(36)34(22(19-35)17-21-13-10-9-11-14-21)27(29(37)33(15-6-2)20(3)4)31(25)18-23(32)26(24)40-31/h5-6,9-11,13-14,20,22-27,35H,1-2,7-8,12,15-19H2,3-4H3/t22-,23?,24+,25+,26+,27?,31?/m1/s1. The summed E-state index contributed by atoms with van der Waals surface area (Å²) in [6.07, 6.45) is 6.04. The van der Waals surface area contributed by atoms with Gasteiger partial charge in [0.2, 0.25) is 11.8 Å². The minimum absolute atomic E-state index is 0.158. The van der Waals surface area contributed by atoms with Gasteiger partial charge in [-0.05, 0) is 51.5 Å². The Bertz CT molecular complexity index is 1100. The zero-order valence-electron chi connectivity index (χ0n) is 23.4. The van der Waals surface area contributed by atoms with Crippen LogP contribution >= 0.6 is 15.9 Å². The van der Waals surface area contributed by atoms with Crippen LogP contribution in [0.4, 0.5) is 0 Å². The maximum Gasteiger partial charge on any atom is 0.312 e. The lowest BCUT2D eigenvalue weighted by Crippen LogP contribution is -2.60. The third kappa shape index (κ3) is 5.52. The van der Waals surface area contributed by atoms with Crippen molar-refractivity contribution in [2.75, 3.05) is 19.8 Å². The molecule has 3 heterocycles. The molecule has 7 atom stereocenters. The Hall–Kier alpha value is -2.49. The maximum atomic E-state index is 14.4. The van der Waals surface area contributed by atoms with Gasteiger partial charge in [-0.2, -0.15) is 0 Å². The van der Waals surface area contributed by atoms with E-state index in [4.69, 9.17) is 9.47 Å². The predicted molar refractivity (Wildman–Crippen MR) is 156 cm³/mol. The molecule has 3 fully saturated rings. The SMILES string of the molecule is C=CCCCCOC(=O)[C@H]1[C@H]2C(=O)N([C@@H](CO)Cc3ccccc3)C(C(=O)N(CC=C)C(C)C)C23CC(Br)[C@@H]1O3. The minimum Gasteiger partial charge on any atom is -0.465 e. The van der Waals surface area contributed by atoms with Crippen molar-refractivity contribution in [1.82, 2.24) is 9.80 Å². The molecule has 1 spiro atoms. The topological polar surface area (TPSA) is 96.4 Å². The van der Waals surface area contributed by atoms with Gasteiger partial charge in [-0.3, -0.25) is 14.4 Å². The van der Waals surface area contributed by atoms with Crippen molar-refractivity contribution in [3.8, 4) is 0 Å². The van der Waals surface area contributed by atoms with Crippen molar-refractivity contribution in [3.63, 3.8) is 0 Å². The minimum atomic E-state index is -1.21. The molecule has 1 aromatic carbocycles. The Kier molecular flexibility index (Phi) is 9.90. The molecule has 3 saturated heterocycles. The molecule has 0 saturated carbocycles. The van der Waals surface area contributed by atoms with Crippen LogP contribution in [-0.4, -0.2) is 87.1 Å². The number of hydrogen-bond donors (Lipinski definition) is 1. The Morgan fingerprint density at radius 1 is 1.25 bits per heavy atom. The number of carbonyl (C=O) groups excluding carboxylic acids is 3. The van der Waals surface area contributed by atoms with E-state index < -0.39 is 41.6 Å². The molecule has 0 aliphatic carbocycles. The molecule has 3 aliphatic rings. The summed E-state index contributed by atoms with van der Waals surface area (Å²) in [4.78, 5) is 45.2. The van der Waals surface area contributed by atoms with Crippen molar-refractivity contribution >= 4 is 33.7 Å². The number of allylic oxidation sites excluding steroid dienone is 1. The number of aliphatic hydroxyl groups excluding tert-OH is 1. The Labute approximate surface area is 245 Å². The van der Waals surface area contributed by atoms with E-state index in [1.54, 1.807) is 11.0 Å². The smallest absolute Gasteiger partial charge is 0.312 e. The van der Waals surface area contributed by atoms with Crippen LogP contribution in [0.15, 0.2) is 55.6 Å². The van der Waals surface area contributed by atoms with Crippen molar-refractivity contribution in [2.24, 2.45) is 11.8 Å². The van der Waals surface area contributed by atoms with Gasteiger partial charge in [0.25, 0.3) is 0 Å². The molecule has 3 aliphatic heterocycles. The van der Waals surface area contributed by atoms with E-state index in [1.807, 2.05) is 50.3 Å². The molecular formula is C31H41BrN2O6. The lowest BCUT2D eigenvalue weighted by atomic mass is 9.70. The number of ether oxygens (including phenoxy) is 2. The first-order valence-corrected chi connectivity index (χ1v) is 15.1. The monoisotopic (exact) mass is 616 g/mol. The number of likely N-dealkylation sites (tertiary alicyclic amines) is 1. The Morgan fingerprint density at radius 2 is 1.98 bits per heavy atom. The van der Waals surface area contributed by atoms with Crippen molar-refractivity contribution < 1.29 is 29.0 Å². The van der Waals surface area contributed by atoms with Crippen LogP contribution in [0.3, 0.4) is 0 Å². The summed E-state index contributed by atoms with van der Waals surface area (Å²) >= 11 is 3.69. The van der Waals surface area contributed by atoms with E-state index in [1.165, 1.54) is 4.90 Å². The van der Waals surface area contributed by atoms with E-state index in [2.05, 4.69) is 29.1 Å². The van der Waals surface area contributed by atoms with E-state index in [0.717, 1.165) is 18.4 Å². The lowest BCUT2D eigenvalue weighted by Gasteiger charge is -2.40. The lowest BCUT2D eigenvalue weighted by molar-refractivity contribution is -0.156. The summed E-state index contributed by atoms with van der Waals surface area (Å²) in [7, 11) is 0. The second kappa shape index (κ2) is 13.0. The molecule has 0 aromatic heterocycles. The highest BCUT2D eigenvalue weighted by Gasteiger charge is 2.77. The van der Waals surface area contributed by atoms with Crippen molar-refractivity contribution in [2.45, 2.75) is 80.6 Å². The summed E-state index contributed by atoms with van der Waals surface area (Å²) in [6, 6.07) is 7.74. The second-order valence-corrected chi connectivity index (χ2v) is 12.4. The fraction of sp³-hybridized carbons (Fsp3) is 0.581. The molecule has 2 amide bonds. The second-order valence-electron chi connectivity index (χ2n) is 11.3. The molecule has 1 N–H and O–H groups in total. The van der Waals surface area contributed by atoms with Crippen LogP contribution < -0.4 is 0 Å². The largest absolute Gasteiger partial charge is 0.465 e. The number of carbonyl (C=O) groups is 3. The highest BCUT2D eigenvalue weighted by molar-refractivity contribution is 9.09. The van der Waals surface area contributed by atoms with Gasteiger partial charge >= 0.3 is 5.97 Å². The molecule has 1 aromatic rings. The number of rotatable bonds is 14. The van der Waals surface area contributed by atoms with Gasteiger partial charge in [-0.1, -0.05) is 58.4 Å². The molecule has 40 heavy (non-hydrogen) atoms. The molecule has 4 rings (SSSR count). The number of hydrogen-bond acceptors (Lipinski definition) is 6. The summed E-state index contributed by atoms with van der Waals surface area (Å²) in [6.45, 7) is 11.6. The quantitative estimate of drug-likeness (QED) is 0.148. The van der Waals surface area contributed by atoms with Crippen LogP contribution in [0.25, 0.3) is 0 Å². The van der Waals surface area contributed by atoms with E-state index >= 15 is 0 Å². The van der Waals surface area contributed by atoms with Gasteiger partial charge in [0.15, 0.2) is 0 Å². The summed E-state index contributed by atoms with van der Waals surface area (Å²) in [5.41, 5.74) is -0.279. The van der Waals surface area contributed by atoms with Gasteiger partial charge in [-0.25, -0.2) is 0 Å². The number of halogens is 1. The van der Waals surface area contributed by atoms with Crippen LogP contribution in [0.2, 0.25) is 0 Å². The van der Waals surface area contributed by atoms with E-state index in [-0.39, 0.29) is 35.9 Å². The number of fused-ring (bicyclic) bond motifs is 1. The first kappa shape index (κ1) is 30.5. The van der Waals surface area contributed by atoms with Crippen LogP contribution in [0.5, 0.6) is 0 Å². The third-order valence-corrected chi connectivity index (χ3v) is 9.28. The number of esters is 1. The number of benzene rings is 1. The highest BCUT2D eigenvalue weighted by atomic mass is 79.9. The van der Waals surface area contributed by atoms with E-state index in [9.17, 15) is 19.5 Å². The fourth-order valence-electron chi connectivity index (χ4n) is 6.66. The van der Waals surface area contributed by atoms with Gasteiger partial charge in [0.1, 0.15) is 11.6 Å². The number of aliphatic hydroxyl groups is 1. The Balaban J connectivity index is 1.72. The molecule has 2 bridgehead atoms.